The molecule has 6 heteroatoms. The van der Waals surface area contributed by atoms with Gasteiger partial charge in [-0.1, -0.05) is 55.0 Å². The van der Waals surface area contributed by atoms with Crippen LogP contribution in [0.5, 0.6) is 0 Å². The molecule has 0 bridgehead atoms. The molecule has 4 rings (SSSR count). The molecule has 0 aromatic heterocycles. The Balaban J connectivity index is 1.72. The standard InChI is InChI=1S/C25H28N2O4/c26-25(15-16-28,24(30)31)23-18-9-4-5-11-20(18)27(21-12-6-10-19(21)23)22(29)14-13-17-7-2-1-3-8-17/h1-5,7-9,11,16,19,21,23H,6,10,12-15,26H2,(H,30,31). The molecule has 1 amide bonds. The van der Waals surface area contributed by atoms with Gasteiger partial charge in [0.15, 0.2) is 0 Å². The van der Waals surface area contributed by atoms with Gasteiger partial charge in [-0.15, -0.1) is 0 Å². The van der Waals surface area contributed by atoms with Crippen LogP contribution >= 0.6 is 0 Å². The predicted molar refractivity (Wildman–Crippen MR) is 118 cm³/mol. The summed E-state index contributed by atoms with van der Waals surface area (Å²) in [6.07, 6.45) is 3.87. The highest BCUT2D eigenvalue weighted by Crippen LogP contribution is 2.53. The van der Waals surface area contributed by atoms with Crippen molar-refractivity contribution < 1.29 is 19.5 Å². The van der Waals surface area contributed by atoms with Crippen LogP contribution in [0.3, 0.4) is 0 Å². The third-order valence-corrected chi connectivity index (χ3v) is 6.94. The number of para-hydroxylation sites is 1. The fraction of sp³-hybridized carbons (Fsp3) is 0.400. The molecule has 2 aromatic rings. The predicted octanol–water partition coefficient (Wildman–Crippen LogP) is 3.29. The Labute approximate surface area is 182 Å². The van der Waals surface area contributed by atoms with E-state index in [0.717, 1.165) is 36.1 Å². The van der Waals surface area contributed by atoms with E-state index in [9.17, 15) is 19.5 Å². The smallest absolute Gasteiger partial charge is 0.324 e. The van der Waals surface area contributed by atoms with Gasteiger partial charge in [-0.3, -0.25) is 9.59 Å². The van der Waals surface area contributed by atoms with Crippen molar-refractivity contribution in [2.75, 3.05) is 4.90 Å². The summed E-state index contributed by atoms with van der Waals surface area (Å²) in [7, 11) is 0. The highest BCUT2D eigenvalue weighted by atomic mass is 16.4. The van der Waals surface area contributed by atoms with Gasteiger partial charge < -0.3 is 20.5 Å². The zero-order valence-corrected chi connectivity index (χ0v) is 17.4. The van der Waals surface area contributed by atoms with Gasteiger partial charge in [-0.25, -0.2) is 0 Å². The van der Waals surface area contributed by atoms with E-state index in [1.807, 2.05) is 59.5 Å². The quantitative estimate of drug-likeness (QED) is 0.670. The molecular weight excluding hydrogens is 392 g/mol. The van der Waals surface area contributed by atoms with E-state index in [1.165, 1.54) is 0 Å². The number of carboxylic acids is 1. The molecule has 4 unspecified atom stereocenters. The molecule has 0 spiro atoms. The van der Waals surface area contributed by atoms with Gasteiger partial charge >= 0.3 is 5.97 Å². The average Bonchev–Trinajstić information content (AvgIpc) is 3.25. The molecular formula is C25H28N2O4. The summed E-state index contributed by atoms with van der Waals surface area (Å²) in [4.78, 5) is 38.9. The first kappa shape index (κ1) is 21.2. The first-order valence-corrected chi connectivity index (χ1v) is 10.9. The summed E-state index contributed by atoms with van der Waals surface area (Å²) >= 11 is 0. The van der Waals surface area contributed by atoms with Gasteiger partial charge in [-0.2, -0.15) is 0 Å². The number of nitrogens with two attached hydrogens (primary N) is 1. The van der Waals surface area contributed by atoms with E-state index in [0.29, 0.717) is 19.1 Å². The highest BCUT2D eigenvalue weighted by Gasteiger charge is 2.55. The largest absolute Gasteiger partial charge is 0.480 e. The van der Waals surface area contributed by atoms with E-state index in [2.05, 4.69) is 0 Å². The Hall–Kier alpha value is -2.99. The lowest BCUT2D eigenvalue weighted by molar-refractivity contribution is -0.146. The first-order chi connectivity index (χ1) is 15.0. The fourth-order valence-electron chi connectivity index (χ4n) is 5.54. The number of aldehydes is 1. The molecule has 3 N–H and O–H groups in total. The molecule has 1 aliphatic heterocycles. The summed E-state index contributed by atoms with van der Waals surface area (Å²) < 4.78 is 0. The van der Waals surface area contributed by atoms with E-state index in [4.69, 9.17) is 5.73 Å². The molecule has 162 valence electrons. The third-order valence-electron chi connectivity index (χ3n) is 6.94. The summed E-state index contributed by atoms with van der Waals surface area (Å²) in [6.45, 7) is 0. The second-order valence-electron chi connectivity index (χ2n) is 8.66. The van der Waals surface area contributed by atoms with Crippen molar-refractivity contribution in [3.8, 4) is 0 Å². The van der Waals surface area contributed by atoms with Gasteiger partial charge in [0.2, 0.25) is 5.91 Å². The average molecular weight is 421 g/mol. The minimum atomic E-state index is -1.69. The number of carbonyl (C=O) groups excluding carboxylic acids is 2. The maximum Gasteiger partial charge on any atom is 0.324 e. The molecule has 0 radical (unpaired) electrons. The second kappa shape index (κ2) is 8.63. The lowest BCUT2D eigenvalue weighted by Gasteiger charge is -2.48. The fourth-order valence-corrected chi connectivity index (χ4v) is 5.54. The van der Waals surface area contributed by atoms with Gasteiger partial charge in [0.25, 0.3) is 0 Å². The molecule has 31 heavy (non-hydrogen) atoms. The van der Waals surface area contributed by atoms with Crippen molar-refractivity contribution in [1.29, 1.82) is 0 Å². The second-order valence-corrected chi connectivity index (χ2v) is 8.66. The van der Waals surface area contributed by atoms with Crippen LogP contribution in [0.4, 0.5) is 5.69 Å². The number of benzene rings is 2. The number of aryl methyl sites for hydroxylation is 1. The Morgan fingerprint density at radius 3 is 2.52 bits per heavy atom. The number of nitrogens with zero attached hydrogens (tertiary/aromatic N) is 1. The molecule has 1 heterocycles. The Morgan fingerprint density at radius 2 is 1.81 bits per heavy atom. The zero-order chi connectivity index (χ0) is 22.0. The van der Waals surface area contributed by atoms with Gasteiger partial charge in [-0.05, 0) is 42.4 Å². The maximum absolute atomic E-state index is 13.4. The summed E-state index contributed by atoms with van der Waals surface area (Å²) in [5.41, 5.74) is 7.33. The van der Waals surface area contributed by atoms with Crippen LogP contribution in [-0.4, -0.2) is 34.8 Å². The monoisotopic (exact) mass is 420 g/mol. The number of amides is 1. The van der Waals surface area contributed by atoms with Gasteiger partial charge in [0, 0.05) is 30.5 Å². The van der Waals surface area contributed by atoms with Gasteiger partial charge in [0.05, 0.1) is 0 Å². The summed E-state index contributed by atoms with van der Waals surface area (Å²) in [6, 6.07) is 17.3. The Kier molecular flexibility index (Phi) is 5.92. The van der Waals surface area contributed by atoms with Crippen LogP contribution in [0.1, 0.15) is 49.1 Å². The third kappa shape index (κ3) is 3.76. The Morgan fingerprint density at radius 1 is 1.10 bits per heavy atom. The molecule has 2 aromatic carbocycles. The number of rotatable bonds is 7. The van der Waals surface area contributed by atoms with Crippen molar-refractivity contribution >= 4 is 23.9 Å². The van der Waals surface area contributed by atoms with E-state index in [-0.39, 0.29) is 24.3 Å². The van der Waals surface area contributed by atoms with E-state index < -0.39 is 17.4 Å². The molecule has 1 saturated carbocycles. The number of carbonyl (C=O) groups is 3. The molecule has 6 nitrogen and oxygen atoms in total. The highest BCUT2D eigenvalue weighted by molar-refractivity contribution is 5.96. The van der Waals surface area contributed by atoms with Gasteiger partial charge in [0.1, 0.15) is 11.8 Å². The topological polar surface area (TPSA) is 101 Å². The first-order valence-electron chi connectivity index (χ1n) is 10.9. The SMILES string of the molecule is NC(CC=O)(C(=O)O)C1c2ccccc2N(C(=O)CCc2ccccc2)C2CCCC21. The molecule has 4 atom stereocenters. The Bertz CT molecular complexity index is 976. The lowest BCUT2D eigenvalue weighted by atomic mass is 9.66. The zero-order valence-electron chi connectivity index (χ0n) is 17.4. The maximum atomic E-state index is 13.4. The molecule has 0 saturated heterocycles. The molecule has 1 fully saturated rings. The van der Waals surface area contributed by atoms with Crippen molar-refractivity contribution in [3.63, 3.8) is 0 Å². The minimum Gasteiger partial charge on any atom is -0.480 e. The van der Waals surface area contributed by atoms with Crippen LogP contribution in [0.15, 0.2) is 54.6 Å². The molecule has 2 aliphatic rings. The normalized spacial score (nSPS) is 24.0. The summed E-state index contributed by atoms with van der Waals surface area (Å²) in [5, 5.41) is 9.98. The number of hydrogen-bond acceptors (Lipinski definition) is 4. The number of aliphatic carboxylic acids is 1. The number of hydrogen-bond donors (Lipinski definition) is 2. The lowest BCUT2D eigenvalue weighted by Crippen LogP contribution is -2.60. The van der Waals surface area contributed by atoms with E-state index >= 15 is 0 Å². The van der Waals surface area contributed by atoms with Crippen molar-refractivity contribution in [3.05, 3.63) is 65.7 Å². The summed E-state index contributed by atoms with van der Waals surface area (Å²) in [5.74, 6) is -1.73. The minimum absolute atomic E-state index is 0.0417. The van der Waals surface area contributed by atoms with Crippen molar-refractivity contribution in [1.82, 2.24) is 0 Å². The molecule has 1 aliphatic carbocycles. The number of carboxylic acid groups (broad SMARTS) is 1. The van der Waals surface area contributed by atoms with Crippen LogP contribution in [-0.2, 0) is 20.8 Å². The van der Waals surface area contributed by atoms with Crippen molar-refractivity contribution in [2.24, 2.45) is 11.7 Å². The van der Waals surface area contributed by atoms with Crippen LogP contribution in [0.2, 0.25) is 0 Å². The number of fused-ring (bicyclic) bond motifs is 2. The number of anilines is 1. The van der Waals surface area contributed by atoms with E-state index in [1.54, 1.807) is 0 Å². The van der Waals surface area contributed by atoms with Crippen LogP contribution < -0.4 is 10.6 Å². The van der Waals surface area contributed by atoms with Crippen molar-refractivity contribution in [2.45, 2.75) is 56.0 Å². The van der Waals surface area contributed by atoms with Crippen LogP contribution in [0, 0.1) is 5.92 Å². The van der Waals surface area contributed by atoms with Crippen LogP contribution in [0.25, 0.3) is 0 Å².